The molecule has 2 atom stereocenters. The molecule has 4 nitrogen and oxygen atoms in total. The van der Waals surface area contributed by atoms with E-state index in [0.29, 0.717) is 5.92 Å². The zero-order valence-corrected chi connectivity index (χ0v) is 9.08. The van der Waals surface area contributed by atoms with E-state index >= 15 is 0 Å². The first-order valence-electron chi connectivity index (χ1n) is 5.52. The maximum absolute atomic E-state index is 11.9. The summed E-state index contributed by atoms with van der Waals surface area (Å²) in [6.45, 7) is 3.53. The summed E-state index contributed by atoms with van der Waals surface area (Å²) in [5.41, 5.74) is 2.57. The fraction of sp³-hybridized carbons (Fsp3) is 0.417. The minimum atomic E-state index is -0.0163. The molecule has 0 radical (unpaired) electrons. The molecule has 0 aliphatic carbocycles. The molecule has 1 saturated heterocycles. The number of amides is 1. The summed E-state index contributed by atoms with van der Waals surface area (Å²) in [5, 5.41) is 15.9. The zero-order chi connectivity index (χ0) is 11.3. The van der Waals surface area contributed by atoms with E-state index in [2.05, 4.69) is 10.6 Å². The third-order valence-electron chi connectivity index (χ3n) is 3.51. The lowest BCUT2D eigenvalue weighted by Crippen LogP contribution is -2.44. The molecule has 84 valence electrons. The quantitative estimate of drug-likeness (QED) is 0.594. The number of hydrogen-bond donors (Lipinski definition) is 3. The van der Waals surface area contributed by atoms with Gasteiger partial charge in [0.15, 0.2) is 0 Å². The van der Waals surface area contributed by atoms with Gasteiger partial charge in [-0.05, 0) is 30.2 Å². The van der Waals surface area contributed by atoms with E-state index in [1.54, 1.807) is 12.1 Å². The predicted molar refractivity (Wildman–Crippen MR) is 59.7 cm³/mol. The van der Waals surface area contributed by atoms with Crippen LogP contribution in [0.3, 0.4) is 0 Å². The number of hydrogen-bond acceptors (Lipinski definition) is 3. The first-order chi connectivity index (χ1) is 7.66. The number of carbonyl (C=O) groups excluding carboxylic acids is 1. The number of carbonyl (C=O) groups is 1. The fourth-order valence-corrected chi connectivity index (χ4v) is 2.80. The first kappa shape index (κ1) is 9.66. The molecule has 3 rings (SSSR count). The van der Waals surface area contributed by atoms with Gasteiger partial charge < -0.3 is 15.7 Å². The molecule has 3 N–H and O–H groups in total. The van der Waals surface area contributed by atoms with Crippen molar-refractivity contribution in [3.8, 4) is 5.75 Å². The van der Waals surface area contributed by atoms with Crippen molar-refractivity contribution in [2.24, 2.45) is 0 Å². The number of nitrogens with one attached hydrogen (secondary N) is 2. The molecule has 1 amide bonds. The van der Waals surface area contributed by atoms with Gasteiger partial charge in [0.05, 0.1) is 0 Å². The Bertz CT molecular complexity index is 470. The summed E-state index contributed by atoms with van der Waals surface area (Å²) in [5.74, 6) is 0.521. The molecule has 2 heterocycles. The van der Waals surface area contributed by atoms with Crippen LogP contribution in [0, 0.1) is 6.92 Å². The third kappa shape index (κ3) is 1.23. The number of rotatable bonds is 0. The molecular formula is C12H14N2O2. The predicted octanol–water partition coefficient (Wildman–Crippen LogP) is 0.499. The number of phenols is 1. The zero-order valence-electron chi connectivity index (χ0n) is 9.08. The molecule has 2 aliphatic heterocycles. The van der Waals surface area contributed by atoms with Crippen molar-refractivity contribution in [3.63, 3.8) is 0 Å². The number of aromatic hydroxyl groups is 1. The van der Waals surface area contributed by atoms with Crippen molar-refractivity contribution in [2.45, 2.75) is 18.9 Å². The highest BCUT2D eigenvalue weighted by Gasteiger charge is 2.37. The van der Waals surface area contributed by atoms with Crippen LogP contribution in [-0.2, 0) is 0 Å². The van der Waals surface area contributed by atoms with Gasteiger partial charge in [-0.25, -0.2) is 0 Å². The molecule has 0 bridgehead atoms. The summed E-state index contributed by atoms with van der Waals surface area (Å²) in [4.78, 5) is 11.9. The highest BCUT2D eigenvalue weighted by Crippen LogP contribution is 2.34. The van der Waals surface area contributed by atoms with Gasteiger partial charge in [0.2, 0.25) is 0 Å². The van der Waals surface area contributed by atoms with Gasteiger partial charge in [0, 0.05) is 30.6 Å². The van der Waals surface area contributed by atoms with E-state index in [0.717, 1.165) is 29.8 Å². The minimum absolute atomic E-state index is 0.0163. The molecule has 16 heavy (non-hydrogen) atoms. The Balaban J connectivity index is 2.20. The average molecular weight is 218 g/mol. The van der Waals surface area contributed by atoms with Crippen molar-refractivity contribution in [1.82, 2.24) is 10.6 Å². The Morgan fingerprint density at radius 2 is 2.19 bits per heavy atom. The number of aryl methyl sites for hydroxylation is 1. The average Bonchev–Trinajstić information content (AvgIpc) is 2.64. The summed E-state index contributed by atoms with van der Waals surface area (Å²) >= 11 is 0. The van der Waals surface area contributed by atoms with Gasteiger partial charge in [-0.2, -0.15) is 0 Å². The summed E-state index contributed by atoms with van der Waals surface area (Å²) in [6, 6.07) is 3.54. The topological polar surface area (TPSA) is 61.4 Å². The highest BCUT2D eigenvalue weighted by atomic mass is 16.3. The summed E-state index contributed by atoms with van der Waals surface area (Å²) < 4.78 is 0. The molecular weight excluding hydrogens is 204 g/mol. The van der Waals surface area contributed by atoms with Gasteiger partial charge in [-0.3, -0.25) is 4.79 Å². The smallest absolute Gasteiger partial charge is 0.252 e. The van der Waals surface area contributed by atoms with E-state index in [9.17, 15) is 9.90 Å². The first-order valence-corrected chi connectivity index (χ1v) is 5.52. The van der Waals surface area contributed by atoms with Crippen molar-refractivity contribution in [3.05, 3.63) is 28.8 Å². The lowest BCUT2D eigenvalue weighted by atomic mass is 9.84. The summed E-state index contributed by atoms with van der Waals surface area (Å²) in [7, 11) is 0. The van der Waals surface area contributed by atoms with Crippen LogP contribution in [0.2, 0.25) is 0 Å². The van der Waals surface area contributed by atoms with Crippen LogP contribution in [0.25, 0.3) is 0 Å². The Labute approximate surface area is 93.7 Å². The van der Waals surface area contributed by atoms with Crippen LogP contribution in [0.1, 0.15) is 27.4 Å². The van der Waals surface area contributed by atoms with E-state index in [1.807, 2.05) is 6.92 Å². The number of benzene rings is 1. The monoisotopic (exact) mass is 218 g/mol. The van der Waals surface area contributed by atoms with Crippen LogP contribution in [-0.4, -0.2) is 30.1 Å². The van der Waals surface area contributed by atoms with Gasteiger partial charge >= 0.3 is 0 Å². The normalized spacial score (nSPS) is 27.2. The highest BCUT2D eigenvalue weighted by molar-refractivity contribution is 5.99. The van der Waals surface area contributed by atoms with Crippen LogP contribution >= 0.6 is 0 Å². The van der Waals surface area contributed by atoms with Crippen molar-refractivity contribution in [2.75, 3.05) is 13.1 Å². The molecule has 0 aromatic heterocycles. The second kappa shape index (κ2) is 3.22. The maximum Gasteiger partial charge on any atom is 0.252 e. The number of phenolic OH excluding ortho intramolecular Hbond substituents is 1. The molecule has 1 fully saturated rings. The standard InChI is InChI=1S/C12H14N2O2/c1-6-2-7(15)3-8-9-4-13-5-10(9)14-12(16)11(6)8/h2-3,9-10,13,15H,4-5H2,1H3,(H,14,16)/t9-,10+/m0/s1. The Morgan fingerprint density at radius 3 is 3.00 bits per heavy atom. The maximum atomic E-state index is 11.9. The van der Waals surface area contributed by atoms with E-state index < -0.39 is 0 Å². The van der Waals surface area contributed by atoms with Crippen molar-refractivity contribution >= 4 is 5.91 Å². The fourth-order valence-electron chi connectivity index (χ4n) is 2.80. The van der Waals surface area contributed by atoms with Gasteiger partial charge in [-0.15, -0.1) is 0 Å². The molecule has 0 spiro atoms. The van der Waals surface area contributed by atoms with Gasteiger partial charge in [-0.1, -0.05) is 0 Å². The Morgan fingerprint density at radius 1 is 1.38 bits per heavy atom. The molecule has 1 aromatic carbocycles. The van der Waals surface area contributed by atoms with E-state index in [-0.39, 0.29) is 17.7 Å². The molecule has 0 saturated carbocycles. The van der Waals surface area contributed by atoms with Crippen LogP contribution in [0.4, 0.5) is 0 Å². The molecule has 0 unspecified atom stereocenters. The van der Waals surface area contributed by atoms with Crippen LogP contribution in [0.5, 0.6) is 5.75 Å². The van der Waals surface area contributed by atoms with Crippen LogP contribution < -0.4 is 10.6 Å². The lowest BCUT2D eigenvalue weighted by Gasteiger charge is -2.29. The second-order valence-corrected chi connectivity index (χ2v) is 4.57. The largest absolute Gasteiger partial charge is 0.508 e. The van der Waals surface area contributed by atoms with E-state index in [4.69, 9.17) is 0 Å². The van der Waals surface area contributed by atoms with Crippen molar-refractivity contribution < 1.29 is 9.90 Å². The second-order valence-electron chi connectivity index (χ2n) is 4.57. The summed E-state index contributed by atoms with van der Waals surface area (Å²) in [6.07, 6.45) is 0. The van der Waals surface area contributed by atoms with Crippen molar-refractivity contribution in [1.29, 1.82) is 0 Å². The SMILES string of the molecule is Cc1cc(O)cc2c1C(=O)N[C@@H]1CNC[C@@H]21. The van der Waals surface area contributed by atoms with Crippen LogP contribution in [0.15, 0.2) is 12.1 Å². The van der Waals surface area contributed by atoms with E-state index in [1.165, 1.54) is 0 Å². The number of fused-ring (bicyclic) bond motifs is 3. The molecule has 4 heteroatoms. The lowest BCUT2D eigenvalue weighted by molar-refractivity contribution is 0.0923. The Hall–Kier alpha value is -1.55. The molecule has 1 aromatic rings. The minimum Gasteiger partial charge on any atom is -0.508 e. The molecule has 2 aliphatic rings. The van der Waals surface area contributed by atoms with Gasteiger partial charge in [0.25, 0.3) is 5.91 Å². The van der Waals surface area contributed by atoms with Gasteiger partial charge in [0.1, 0.15) is 5.75 Å². The third-order valence-corrected chi connectivity index (χ3v) is 3.51. The Kier molecular flexibility index (Phi) is 1.94.